The number of rotatable bonds is 7. The molecule has 2 aromatic carbocycles. The van der Waals surface area contributed by atoms with Crippen LogP contribution in [0.4, 0.5) is 14.5 Å². The highest BCUT2D eigenvalue weighted by atomic mass is 32.2. The minimum absolute atomic E-state index is 0.000162. The standard InChI is InChI=1S/C20H21F2NO3S/c1-13-9-15-5-3-4-6-16(15)23(13)19(24)12-27-11-14-7-8-17(26-20(21)22)18(10-14)25-2/h3-8,10,13,20H,9,11-12H2,1-2H3/t13-/m0/s1. The molecule has 0 aliphatic carbocycles. The number of nitrogens with zero attached hydrogens (tertiary/aromatic N) is 1. The van der Waals surface area contributed by atoms with Crippen molar-refractivity contribution in [1.82, 2.24) is 0 Å². The fourth-order valence-electron chi connectivity index (χ4n) is 3.27. The molecule has 0 radical (unpaired) electrons. The van der Waals surface area contributed by atoms with Crippen molar-refractivity contribution in [1.29, 1.82) is 0 Å². The van der Waals surface area contributed by atoms with Crippen molar-refractivity contribution in [3.05, 3.63) is 53.6 Å². The molecule has 0 spiro atoms. The Hall–Kier alpha value is -2.28. The van der Waals surface area contributed by atoms with Crippen molar-refractivity contribution in [2.45, 2.75) is 31.8 Å². The second kappa shape index (κ2) is 8.61. The maximum atomic E-state index is 12.7. The monoisotopic (exact) mass is 393 g/mol. The Morgan fingerprint density at radius 2 is 2.04 bits per heavy atom. The van der Waals surface area contributed by atoms with Gasteiger partial charge in [-0.05, 0) is 42.7 Å². The van der Waals surface area contributed by atoms with Crippen LogP contribution in [0.15, 0.2) is 42.5 Å². The molecule has 0 unspecified atom stereocenters. The van der Waals surface area contributed by atoms with Crippen molar-refractivity contribution in [2.24, 2.45) is 0 Å². The summed E-state index contributed by atoms with van der Waals surface area (Å²) in [6.45, 7) is -0.850. The van der Waals surface area contributed by atoms with E-state index in [0.29, 0.717) is 11.5 Å². The number of hydrogen-bond acceptors (Lipinski definition) is 4. The Morgan fingerprint density at radius 1 is 1.26 bits per heavy atom. The zero-order chi connectivity index (χ0) is 19.4. The first-order valence-corrected chi connectivity index (χ1v) is 9.74. The molecule has 0 N–H and O–H groups in total. The van der Waals surface area contributed by atoms with E-state index in [9.17, 15) is 13.6 Å². The van der Waals surface area contributed by atoms with E-state index in [2.05, 4.69) is 17.7 Å². The van der Waals surface area contributed by atoms with Gasteiger partial charge in [0, 0.05) is 17.5 Å². The number of para-hydroxylation sites is 1. The molecular weight excluding hydrogens is 372 g/mol. The summed E-state index contributed by atoms with van der Waals surface area (Å²) >= 11 is 1.48. The number of anilines is 1. The van der Waals surface area contributed by atoms with Crippen LogP contribution in [0.2, 0.25) is 0 Å². The molecule has 144 valence electrons. The predicted molar refractivity (Wildman–Crippen MR) is 103 cm³/mol. The van der Waals surface area contributed by atoms with E-state index in [-0.39, 0.29) is 23.4 Å². The van der Waals surface area contributed by atoms with Gasteiger partial charge in [0.25, 0.3) is 0 Å². The average Bonchev–Trinajstić information content (AvgIpc) is 2.98. The molecule has 7 heteroatoms. The predicted octanol–water partition coefficient (Wildman–Crippen LogP) is 4.51. The topological polar surface area (TPSA) is 38.8 Å². The SMILES string of the molecule is COc1cc(CSCC(=O)N2c3ccccc3C[C@@H]2C)ccc1OC(F)F. The van der Waals surface area contributed by atoms with Crippen LogP contribution >= 0.6 is 11.8 Å². The van der Waals surface area contributed by atoms with Gasteiger partial charge < -0.3 is 14.4 Å². The van der Waals surface area contributed by atoms with Crippen molar-refractivity contribution in [3.8, 4) is 11.5 Å². The van der Waals surface area contributed by atoms with Crippen molar-refractivity contribution < 1.29 is 23.0 Å². The van der Waals surface area contributed by atoms with Gasteiger partial charge in [-0.25, -0.2) is 0 Å². The highest BCUT2D eigenvalue weighted by Gasteiger charge is 2.30. The number of thioether (sulfide) groups is 1. The molecular formula is C20H21F2NO3S. The zero-order valence-corrected chi connectivity index (χ0v) is 16.0. The van der Waals surface area contributed by atoms with Crippen LogP contribution in [-0.2, 0) is 17.0 Å². The summed E-state index contributed by atoms with van der Waals surface area (Å²) in [5, 5.41) is 0. The van der Waals surface area contributed by atoms with Crippen molar-refractivity contribution >= 4 is 23.4 Å². The van der Waals surface area contributed by atoms with Gasteiger partial charge in [0.15, 0.2) is 11.5 Å². The number of carbonyl (C=O) groups is 1. The fraction of sp³-hybridized carbons (Fsp3) is 0.350. The highest BCUT2D eigenvalue weighted by molar-refractivity contribution is 7.99. The molecule has 0 aromatic heterocycles. The van der Waals surface area contributed by atoms with Gasteiger partial charge in [0.1, 0.15) is 0 Å². The largest absolute Gasteiger partial charge is 0.493 e. The molecule has 1 atom stereocenters. The van der Waals surface area contributed by atoms with E-state index in [1.807, 2.05) is 23.1 Å². The van der Waals surface area contributed by atoms with E-state index in [1.165, 1.54) is 30.5 Å². The van der Waals surface area contributed by atoms with E-state index < -0.39 is 6.61 Å². The number of carbonyl (C=O) groups excluding carboxylic acids is 1. The molecule has 2 aromatic rings. The highest BCUT2D eigenvalue weighted by Crippen LogP contribution is 2.33. The summed E-state index contributed by atoms with van der Waals surface area (Å²) in [4.78, 5) is 14.5. The van der Waals surface area contributed by atoms with Crippen molar-refractivity contribution in [3.63, 3.8) is 0 Å². The van der Waals surface area contributed by atoms with E-state index >= 15 is 0 Å². The maximum Gasteiger partial charge on any atom is 0.387 e. The number of alkyl halides is 2. The summed E-state index contributed by atoms with van der Waals surface area (Å²) in [6, 6.07) is 12.9. The van der Waals surface area contributed by atoms with Gasteiger partial charge in [0.05, 0.1) is 12.9 Å². The number of amides is 1. The van der Waals surface area contributed by atoms with Gasteiger partial charge in [-0.15, -0.1) is 11.8 Å². The van der Waals surface area contributed by atoms with Gasteiger partial charge in [-0.3, -0.25) is 4.79 Å². The lowest BCUT2D eigenvalue weighted by Crippen LogP contribution is -2.37. The molecule has 0 fully saturated rings. The number of benzene rings is 2. The smallest absolute Gasteiger partial charge is 0.387 e. The molecule has 1 aliphatic rings. The lowest BCUT2D eigenvalue weighted by Gasteiger charge is -2.22. The summed E-state index contributed by atoms with van der Waals surface area (Å²) in [5.41, 5.74) is 3.06. The minimum Gasteiger partial charge on any atom is -0.493 e. The molecule has 1 heterocycles. The van der Waals surface area contributed by atoms with Crippen LogP contribution in [0.1, 0.15) is 18.1 Å². The third-order valence-electron chi connectivity index (χ3n) is 4.41. The second-order valence-electron chi connectivity index (χ2n) is 6.30. The first-order chi connectivity index (χ1) is 13.0. The average molecular weight is 393 g/mol. The van der Waals surface area contributed by atoms with Crippen LogP contribution in [0, 0.1) is 0 Å². The number of fused-ring (bicyclic) bond motifs is 1. The molecule has 27 heavy (non-hydrogen) atoms. The van der Waals surface area contributed by atoms with E-state index in [4.69, 9.17) is 4.74 Å². The van der Waals surface area contributed by atoms with E-state index in [1.54, 1.807) is 12.1 Å². The van der Waals surface area contributed by atoms with E-state index in [0.717, 1.165) is 17.7 Å². The second-order valence-corrected chi connectivity index (χ2v) is 7.29. The number of methoxy groups -OCH3 is 1. The number of hydrogen-bond donors (Lipinski definition) is 0. The van der Waals surface area contributed by atoms with Crippen LogP contribution < -0.4 is 14.4 Å². The normalized spacial score (nSPS) is 15.7. The molecule has 4 nitrogen and oxygen atoms in total. The quantitative estimate of drug-likeness (QED) is 0.694. The molecule has 0 saturated heterocycles. The van der Waals surface area contributed by atoms with Crippen LogP contribution in [0.25, 0.3) is 0 Å². The summed E-state index contributed by atoms with van der Waals surface area (Å²) < 4.78 is 34.3. The first kappa shape index (κ1) is 19.5. The van der Waals surface area contributed by atoms with Gasteiger partial charge in [-0.1, -0.05) is 24.3 Å². The van der Waals surface area contributed by atoms with Gasteiger partial charge in [0.2, 0.25) is 5.91 Å². The fourth-order valence-corrected chi connectivity index (χ4v) is 4.10. The molecule has 3 rings (SSSR count). The number of halogens is 2. The Labute approximate surface area is 161 Å². The lowest BCUT2D eigenvalue weighted by atomic mass is 10.1. The Bertz CT molecular complexity index is 816. The lowest BCUT2D eigenvalue weighted by molar-refractivity contribution is -0.116. The van der Waals surface area contributed by atoms with Gasteiger partial charge >= 0.3 is 6.61 Å². The van der Waals surface area contributed by atoms with Crippen LogP contribution in [0.5, 0.6) is 11.5 Å². The third kappa shape index (κ3) is 4.53. The molecule has 1 amide bonds. The Kier molecular flexibility index (Phi) is 6.21. The zero-order valence-electron chi connectivity index (χ0n) is 15.2. The molecule has 1 aliphatic heterocycles. The van der Waals surface area contributed by atoms with Gasteiger partial charge in [-0.2, -0.15) is 8.78 Å². The maximum absolute atomic E-state index is 12.7. The van der Waals surface area contributed by atoms with Crippen molar-refractivity contribution in [2.75, 3.05) is 17.8 Å². The summed E-state index contributed by atoms with van der Waals surface area (Å²) in [6.07, 6.45) is 0.870. The first-order valence-electron chi connectivity index (χ1n) is 8.59. The minimum atomic E-state index is -2.90. The Morgan fingerprint density at radius 3 is 2.78 bits per heavy atom. The van der Waals surface area contributed by atoms with Crippen LogP contribution in [-0.4, -0.2) is 31.4 Å². The summed E-state index contributed by atoms with van der Waals surface area (Å²) in [5.74, 6) is 1.24. The summed E-state index contributed by atoms with van der Waals surface area (Å²) in [7, 11) is 1.40. The number of ether oxygens (including phenoxy) is 2. The van der Waals surface area contributed by atoms with Crippen LogP contribution in [0.3, 0.4) is 0 Å². The molecule has 0 saturated carbocycles. The Balaban J connectivity index is 1.59. The molecule has 0 bridgehead atoms. The third-order valence-corrected chi connectivity index (χ3v) is 5.40.